The maximum atomic E-state index is 13.1. The highest BCUT2D eigenvalue weighted by molar-refractivity contribution is 7.92. The van der Waals surface area contributed by atoms with E-state index in [1.165, 1.54) is 12.3 Å². The van der Waals surface area contributed by atoms with Crippen LogP contribution < -0.4 is 4.90 Å². The van der Waals surface area contributed by atoms with Crippen LogP contribution in [0.3, 0.4) is 0 Å². The zero-order valence-electron chi connectivity index (χ0n) is 12.4. The molecule has 1 aromatic carbocycles. The van der Waals surface area contributed by atoms with Crippen molar-refractivity contribution in [1.29, 1.82) is 5.26 Å². The van der Waals surface area contributed by atoms with E-state index in [-0.39, 0.29) is 22.3 Å². The highest BCUT2D eigenvalue weighted by Gasteiger charge is 2.36. The molecule has 2 aromatic rings. The molecule has 3 rings (SSSR count). The summed E-state index contributed by atoms with van der Waals surface area (Å²) < 4.78 is 38.6. The van der Waals surface area contributed by atoms with Gasteiger partial charge in [-0.15, -0.1) is 0 Å². The van der Waals surface area contributed by atoms with Crippen LogP contribution in [-0.4, -0.2) is 36.7 Å². The van der Waals surface area contributed by atoms with E-state index in [9.17, 15) is 12.8 Å². The van der Waals surface area contributed by atoms with Crippen molar-refractivity contribution in [1.82, 2.24) is 9.97 Å². The van der Waals surface area contributed by atoms with Crippen LogP contribution in [0.25, 0.3) is 0 Å². The molecule has 6 nitrogen and oxygen atoms in total. The van der Waals surface area contributed by atoms with Gasteiger partial charge in [-0.1, -0.05) is 11.6 Å². The summed E-state index contributed by atoms with van der Waals surface area (Å²) in [4.78, 5) is 9.58. The first-order valence-corrected chi connectivity index (χ1v) is 9.01. The SMILES string of the molecule is N#Cc1nccc(N2CC[C@H](S(=O)(=O)c3ccc(F)cc3Cl)C2)n1. The van der Waals surface area contributed by atoms with Gasteiger partial charge in [-0.2, -0.15) is 5.26 Å². The fourth-order valence-electron chi connectivity index (χ4n) is 2.65. The second-order valence-electron chi connectivity index (χ2n) is 5.33. The molecule has 0 N–H and O–H groups in total. The minimum absolute atomic E-state index is 0.0281. The predicted molar refractivity (Wildman–Crippen MR) is 86.0 cm³/mol. The Kier molecular flexibility index (Phi) is 4.39. The number of rotatable bonds is 3. The molecule has 1 aliphatic heterocycles. The smallest absolute Gasteiger partial charge is 0.234 e. The van der Waals surface area contributed by atoms with Crippen molar-refractivity contribution in [2.24, 2.45) is 0 Å². The maximum absolute atomic E-state index is 13.1. The summed E-state index contributed by atoms with van der Waals surface area (Å²) in [6.45, 7) is 0.697. The number of nitriles is 1. The Morgan fingerprint density at radius 3 is 2.88 bits per heavy atom. The summed E-state index contributed by atoms with van der Waals surface area (Å²) in [6, 6.07) is 6.73. The summed E-state index contributed by atoms with van der Waals surface area (Å²) in [5.41, 5.74) is 0. The van der Waals surface area contributed by atoms with Crippen molar-refractivity contribution in [2.75, 3.05) is 18.0 Å². The first-order valence-electron chi connectivity index (χ1n) is 7.09. The van der Waals surface area contributed by atoms with Crippen LogP contribution in [0.1, 0.15) is 12.2 Å². The number of hydrogen-bond donors (Lipinski definition) is 0. The zero-order chi connectivity index (χ0) is 17.3. The Bertz CT molecular complexity index is 929. The molecule has 0 radical (unpaired) electrons. The van der Waals surface area contributed by atoms with Crippen molar-refractivity contribution >= 4 is 27.3 Å². The van der Waals surface area contributed by atoms with Gasteiger partial charge in [-0.25, -0.2) is 22.8 Å². The molecule has 2 heterocycles. The molecule has 1 saturated heterocycles. The summed E-state index contributed by atoms with van der Waals surface area (Å²) in [6.07, 6.45) is 1.85. The van der Waals surface area contributed by atoms with Crippen LogP contribution in [0.5, 0.6) is 0 Å². The van der Waals surface area contributed by atoms with Crippen LogP contribution in [0.15, 0.2) is 35.4 Å². The van der Waals surface area contributed by atoms with Gasteiger partial charge in [0.1, 0.15) is 17.7 Å². The van der Waals surface area contributed by atoms with Crippen molar-refractivity contribution in [3.63, 3.8) is 0 Å². The highest BCUT2D eigenvalue weighted by atomic mass is 35.5. The summed E-state index contributed by atoms with van der Waals surface area (Å²) in [5.74, 6) is -0.0538. The largest absolute Gasteiger partial charge is 0.355 e. The average molecular weight is 367 g/mol. The lowest BCUT2D eigenvalue weighted by atomic mass is 10.3. The van der Waals surface area contributed by atoms with E-state index < -0.39 is 20.9 Å². The van der Waals surface area contributed by atoms with Crippen molar-refractivity contribution in [3.05, 3.63) is 47.1 Å². The number of anilines is 1. The molecule has 1 atom stereocenters. The number of nitrogens with zero attached hydrogens (tertiary/aromatic N) is 4. The standard InChI is InChI=1S/C15H12ClFN4O2S/c16-12-7-10(17)1-2-13(12)24(22,23)11-4-6-21(9-11)15-3-5-19-14(8-18)20-15/h1-3,5,7,11H,4,6,9H2/t11-/m0/s1. The summed E-state index contributed by atoms with van der Waals surface area (Å²) in [7, 11) is -3.69. The van der Waals surface area contributed by atoms with Crippen molar-refractivity contribution in [2.45, 2.75) is 16.6 Å². The van der Waals surface area contributed by atoms with Gasteiger partial charge < -0.3 is 4.90 Å². The van der Waals surface area contributed by atoms with E-state index >= 15 is 0 Å². The number of benzene rings is 1. The van der Waals surface area contributed by atoms with Gasteiger partial charge in [0, 0.05) is 19.3 Å². The predicted octanol–water partition coefficient (Wildman–Crippen LogP) is 2.19. The molecule has 0 aliphatic carbocycles. The van der Waals surface area contributed by atoms with Crippen LogP contribution in [0.4, 0.5) is 10.2 Å². The van der Waals surface area contributed by atoms with E-state index in [0.717, 1.165) is 12.1 Å². The van der Waals surface area contributed by atoms with Gasteiger partial charge >= 0.3 is 0 Å². The number of sulfone groups is 1. The summed E-state index contributed by atoms with van der Waals surface area (Å²) in [5, 5.41) is 8.05. The van der Waals surface area contributed by atoms with E-state index in [0.29, 0.717) is 18.8 Å². The van der Waals surface area contributed by atoms with Crippen LogP contribution in [0, 0.1) is 17.1 Å². The molecular weight excluding hydrogens is 355 g/mol. The Labute approximate surface area is 143 Å². The molecule has 0 bridgehead atoms. The summed E-state index contributed by atoms with van der Waals surface area (Å²) >= 11 is 5.90. The molecule has 0 spiro atoms. The Morgan fingerprint density at radius 2 is 2.17 bits per heavy atom. The molecule has 124 valence electrons. The van der Waals surface area contributed by atoms with Gasteiger partial charge in [0.05, 0.1) is 15.2 Å². The minimum Gasteiger partial charge on any atom is -0.355 e. The lowest BCUT2D eigenvalue weighted by Crippen LogP contribution is -2.27. The second-order valence-corrected chi connectivity index (χ2v) is 7.93. The third-order valence-electron chi connectivity index (χ3n) is 3.85. The van der Waals surface area contributed by atoms with Crippen LogP contribution in [0.2, 0.25) is 5.02 Å². The van der Waals surface area contributed by atoms with E-state index in [1.807, 2.05) is 6.07 Å². The molecule has 9 heteroatoms. The van der Waals surface area contributed by atoms with Gasteiger partial charge in [0.2, 0.25) is 5.82 Å². The van der Waals surface area contributed by atoms with Gasteiger partial charge in [-0.05, 0) is 30.7 Å². The number of hydrogen-bond acceptors (Lipinski definition) is 6. The quantitative estimate of drug-likeness (QED) is 0.774. The zero-order valence-corrected chi connectivity index (χ0v) is 13.9. The van der Waals surface area contributed by atoms with Gasteiger partial charge in [0.15, 0.2) is 9.84 Å². The monoisotopic (exact) mass is 366 g/mol. The van der Waals surface area contributed by atoms with E-state index in [4.69, 9.17) is 16.9 Å². The molecule has 24 heavy (non-hydrogen) atoms. The number of halogens is 2. The third-order valence-corrected chi connectivity index (χ3v) is 6.51. The molecular formula is C15H12ClFN4O2S. The Balaban J connectivity index is 1.85. The topological polar surface area (TPSA) is 87.0 Å². The first-order chi connectivity index (χ1) is 11.4. The maximum Gasteiger partial charge on any atom is 0.234 e. The van der Waals surface area contributed by atoms with Crippen molar-refractivity contribution in [3.8, 4) is 6.07 Å². The minimum atomic E-state index is -3.69. The number of aromatic nitrogens is 2. The molecule has 1 fully saturated rings. The normalized spacial score (nSPS) is 17.7. The molecule has 0 saturated carbocycles. The average Bonchev–Trinajstić information content (AvgIpc) is 3.05. The molecule has 0 amide bonds. The Hall–Kier alpha value is -2.24. The van der Waals surface area contributed by atoms with Crippen LogP contribution in [-0.2, 0) is 9.84 Å². The Morgan fingerprint density at radius 1 is 1.38 bits per heavy atom. The fraction of sp³-hybridized carbons (Fsp3) is 0.267. The van der Waals surface area contributed by atoms with Crippen LogP contribution >= 0.6 is 11.6 Å². The lowest BCUT2D eigenvalue weighted by molar-refractivity contribution is 0.582. The van der Waals surface area contributed by atoms with Gasteiger partial charge in [0.25, 0.3) is 0 Å². The molecule has 1 aromatic heterocycles. The second kappa shape index (κ2) is 6.34. The first kappa shape index (κ1) is 16.6. The fourth-order valence-corrected chi connectivity index (χ4v) is 4.88. The van der Waals surface area contributed by atoms with Gasteiger partial charge in [-0.3, -0.25) is 0 Å². The molecule has 1 aliphatic rings. The van der Waals surface area contributed by atoms with E-state index in [1.54, 1.807) is 11.0 Å². The van der Waals surface area contributed by atoms with E-state index in [2.05, 4.69) is 9.97 Å². The van der Waals surface area contributed by atoms with Crippen molar-refractivity contribution < 1.29 is 12.8 Å². The lowest BCUT2D eigenvalue weighted by Gasteiger charge is -2.17. The third kappa shape index (κ3) is 3.05. The molecule has 0 unspecified atom stereocenters. The highest BCUT2D eigenvalue weighted by Crippen LogP contribution is 2.30.